The minimum atomic E-state index is -3.65. The molecular formula is C24H32O9S. The summed E-state index contributed by atoms with van der Waals surface area (Å²) in [6, 6.07) is 6.97. The fraction of sp³-hybridized carbons (Fsp3) is 0.500. The molecule has 1 aliphatic rings. The molecule has 2 aromatic rings. The van der Waals surface area contributed by atoms with Crippen molar-refractivity contribution in [3.63, 3.8) is 0 Å². The van der Waals surface area contributed by atoms with Crippen LogP contribution in [-0.4, -0.2) is 60.9 Å². The molecule has 1 fully saturated rings. The molecule has 0 radical (unpaired) electrons. The lowest BCUT2D eigenvalue weighted by atomic mass is 10.0. The molecule has 1 saturated heterocycles. The van der Waals surface area contributed by atoms with Crippen molar-refractivity contribution in [3.05, 3.63) is 35.4 Å². The van der Waals surface area contributed by atoms with Crippen LogP contribution in [0.5, 0.6) is 28.7 Å². The highest BCUT2D eigenvalue weighted by Crippen LogP contribution is 2.47. The average molecular weight is 497 g/mol. The molecule has 9 nitrogen and oxygen atoms in total. The molecule has 0 bridgehead atoms. The zero-order valence-corrected chi connectivity index (χ0v) is 21.1. The van der Waals surface area contributed by atoms with E-state index >= 15 is 0 Å². The van der Waals surface area contributed by atoms with Crippen LogP contribution < -0.4 is 23.7 Å². The van der Waals surface area contributed by atoms with Crippen LogP contribution in [0.3, 0.4) is 0 Å². The number of hydrogen-bond acceptors (Lipinski definition) is 9. The third-order valence-electron chi connectivity index (χ3n) is 5.58. The maximum absolute atomic E-state index is 12.5. The topological polar surface area (TPSA) is 110 Å². The maximum Gasteiger partial charge on any atom is 0.203 e. The van der Waals surface area contributed by atoms with E-state index in [0.29, 0.717) is 35.7 Å². The van der Waals surface area contributed by atoms with E-state index in [1.165, 1.54) is 7.11 Å². The van der Waals surface area contributed by atoms with E-state index in [9.17, 15) is 13.5 Å². The Hall–Kier alpha value is -2.69. The van der Waals surface area contributed by atoms with Crippen LogP contribution in [0.4, 0.5) is 0 Å². The van der Waals surface area contributed by atoms with Crippen molar-refractivity contribution in [1.82, 2.24) is 0 Å². The van der Waals surface area contributed by atoms with Gasteiger partial charge in [0.15, 0.2) is 32.8 Å². The van der Waals surface area contributed by atoms with E-state index in [4.69, 9.17) is 28.4 Å². The molecule has 3 rings (SSSR count). The lowest BCUT2D eigenvalue weighted by molar-refractivity contribution is 0.0434. The number of aliphatic hydroxyl groups is 1. The van der Waals surface area contributed by atoms with Crippen LogP contribution in [0, 0.1) is 0 Å². The lowest BCUT2D eigenvalue weighted by Crippen LogP contribution is -2.15. The van der Waals surface area contributed by atoms with Crippen molar-refractivity contribution in [2.45, 2.75) is 43.0 Å². The molecule has 0 amide bonds. The van der Waals surface area contributed by atoms with E-state index in [-0.39, 0.29) is 35.2 Å². The Morgan fingerprint density at radius 1 is 0.882 bits per heavy atom. The number of ether oxygens (including phenoxy) is 6. The number of rotatable bonds is 10. The van der Waals surface area contributed by atoms with E-state index < -0.39 is 15.9 Å². The van der Waals surface area contributed by atoms with Gasteiger partial charge in [-0.1, -0.05) is 0 Å². The molecule has 2 aromatic carbocycles. The van der Waals surface area contributed by atoms with Crippen molar-refractivity contribution in [3.8, 4) is 28.7 Å². The minimum absolute atomic E-state index is 0.0117. The molecule has 1 N–H and O–H groups in total. The highest BCUT2D eigenvalue weighted by molar-refractivity contribution is 7.90. The molecule has 0 aromatic heterocycles. The molecule has 1 heterocycles. The highest BCUT2D eigenvalue weighted by Gasteiger charge is 2.32. The van der Waals surface area contributed by atoms with Gasteiger partial charge in [0, 0.05) is 6.26 Å². The summed E-state index contributed by atoms with van der Waals surface area (Å²) in [6.45, 7) is 1.48. The van der Waals surface area contributed by atoms with Gasteiger partial charge in [0.2, 0.25) is 5.75 Å². The molecular weight excluding hydrogens is 464 g/mol. The Balaban J connectivity index is 1.95. The third kappa shape index (κ3) is 5.51. The first kappa shape index (κ1) is 25.9. The Kier molecular flexibility index (Phi) is 8.17. The smallest absolute Gasteiger partial charge is 0.203 e. The minimum Gasteiger partial charge on any atom is -0.493 e. The average Bonchev–Trinajstić information content (AvgIpc) is 3.30. The van der Waals surface area contributed by atoms with Gasteiger partial charge in [-0.2, -0.15) is 0 Å². The van der Waals surface area contributed by atoms with E-state index in [1.807, 2.05) is 12.1 Å². The van der Waals surface area contributed by atoms with Crippen LogP contribution in [0.15, 0.2) is 29.2 Å². The monoisotopic (exact) mass is 496 g/mol. The Morgan fingerprint density at radius 2 is 1.35 bits per heavy atom. The molecule has 1 unspecified atom stereocenters. The standard InChI is InChI=1S/C24H32O9S/c1-14(25)13-32-24-21(30-4)11-16(12-22(24)34(6,26)27)18-8-7-17(33-18)15-9-19(28-2)23(31-5)20(10-15)29-3/h9-12,14,17-18,25H,7-8,13H2,1-6H3/t14?,17-,18-/m0/s1. The fourth-order valence-corrected chi connectivity index (χ4v) is 4.82. The van der Waals surface area contributed by atoms with E-state index in [0.717, 1.165) is 11.8 Å². The summed E-state index contributed by atoms with van der Waals surface area (Å²) in [6.07, 6.45) is 1.10. The Morgan fingerprint density at radius 3 is 1.76 bits per heavy atom. The van der Waals surface area contributed by atoms with Gasteiger partial charge in [0.25, 0.3) is 0 Å². The molecule has 0 aliphatic carbocycles. The predicted octanol–water partition coefficient (Wildman–Crippen LogP) is 3.48. The summed E-state index contributed by atoms with van der Waals surface area (Å²) in [5.41, 5.74) is 1.53. The van der Waals surface area contributed by atoms with Crippen LogP contribution in [0.25, 0.3) is 0 Å². The molecule has 0 saturated carbocycles. The van der Waals surface area contributed by atoms with Crippen LogP contribution >= 0.6 is 0 Å². The van der Waals surface area contributed by atoms with Gasteiger partial charge in [0.05, 0.1) is 46.8 Å². The predicted molar refractivity (Wildman–Crippen MR) is 125 cm³/mol. The van der Waals surface area contributed by atoms with Crippen molar-refractivity contribution in [1.29, 1.82) is 0 Å². The number of sulfone groups is 1. The second-order valence-corrected chi connectivity index (χ2v) is 10.1. The number of aliphatic hydroxyl groups excluding tert-OH is 1. The van der Waals surface area contributed by atoms with Gasteiger partial charge in [0.1, 0.15) is 11.5 Å². The summed E-state index contributed by atoms with van der Waals surface area (Å²) in [5, 5.41) is 9.58. The first-order valence-corrected chi connectivity index (χ1v) is 12.7. The number of hydrogen-bond donors (Lipinski definition) is 1. The summed E-state index contributed by atoms with van der Waals surface area (Å²) >= 11 is 0. The van der Waals surface area contributed by atoms with Gasteiger partial charge in [-0.15, -0.1) is 0 Å². The third-order valence-corrected chi connectivity index (χ3v) is 6.68. The highest BCUT2D eigenvalue weighted by atomic mass is 32.2. The van der Waals surface area contributed by atoms with Crippen LogP contribution in [0.2, 0.25) is 0 Å². The van der Waals surface area contributed by atoms with Gasteiger partial charge in [-0.05, 0) is 55.2 Å². The first-order valence-electron chi connectivity index (χ1n) is 10.8. The zero-order chi connectivity index (χ0) is 25.0. The second kappa shape index (κ2) is 10.7. The fourth-order valence-electron chi connectivity index (χ4n) is 3.97. The van der Waals surface area contributed by atoms with Crippen molar-refractivity contribution in [2.75, 3.05) is 41.3 Å². The van der Waals surface area contributed by atoms with Crippen molar-refractivity contribution in [2.24, 2.45) is 0 Å². The van der Waals surface area contributed by atoms with Crippen molar-refractivity contribution >= 4 is 9.84 Å². The largest absolute Gasteiger partial charge is 0.493 e. The normalized spacial score (nSPS) is 18.9. The first-order chi connectivity index (χ1) is 16.1. The van der Waals surface area contributed by atoms with E-state index in [1.54, 1.807) is 40.4 Å². The quantitative estimate of drug-likeness (QED) is 0.529. The van der Waals surface area contributed by atoms with Gasteiger partial charge >= 0.3 is 0 Å². The Bertz CT molecular complexity index is 1090. The molecule has 34 heavy (non-hydrogen) atoms. The SMILES string of the molecule is COc1cc([C@@H]2CC[C@@H](c3cc(OC)c(OCC(C)O)c(S(C)(=O)=O)c3)O2)cc(OC)c1OC. The summed E-state index contributed by atoms with van der Waals surface area (Å²) in [4.78, 5) is -0.0117. The number of benzene rings is 2. The zero-order valence-electron chi connectivity index (χ0n) is 20.3. The van der Waals surface area contributed by atoms with Crippen LogP contribution in [-0.2, 0) is 14.6 Å². The Labute approximate surface area is 200 Å². The van der Waals surface area contributed by atoms with Gasteiger partial charge in [-0.25, -0.2) is 8.42 Å². The molecule has 3 atom stereocenters. The van der Waals surface area contributed by atoms with Gasteiger partial charge in [-0.3, -0.25) is 0 Å². The maximum atomic E-state index is 12.5. The lowest BCUT2D eigenvalue weighted by Gasteiger charge is -2.20. The van der Waals surface area contributed by atoms with E-state index in [2.05, 4.69) is 0 Å². The molecule has 0 spiro atoms. The van der Waals surface area contributed by atoms with Gasteiger partial charge < -0.3 is 33.5 Å². The molecule has 10 heteroatoms. The van der Waals surface area contributed by atoms with Crippen LogP contribution in [0.1, 0.15) is 43.1 Å². The molecule has 188 valence electrons. The number of methoxy groups -OCH3 is 4. The molecule has 1 aliphatic heterocycles. The van der Waals surface area contributed by atoms with Crippen molar-refractivity contribution < 1.29 is 41.9 Å². The summed E-state index contributed by atoms with van der Waals surface area (Å²) in [7, 11) is 2.45. The summed E-state index contributed by atoms with van der Waals surface area (Å²) < 4.78 is 58.7. The second-order valence-electron chi connectivity index (χ2n) is 8.13. The summed E-state index contributed by atoms with van der Waals surface area (Å²) in [5.74, 6) is 1.90.